The molecule has 0 radical (unpaired) electrons. The van der Waals surface area contributed by atoms with Crippen molar-refractivity contribution < 1.29 is 4.39 Å². The number of fused-ring (bicyclic) bond motifs is 5. The number of hydrogen-bond donors (Lipinski definition) is 0. The summed E-state index contributed by atoms with van der Waals surface area (Å²) in [6.07, 6.45) is 3.53. The zero-order chi connectivity index (χ0) is 16.8. The number of aromatic nitrogens is 2. The summed E-state index contributed by atoms with van der Waals surface area (Å²) in [5, 5.41) is 0.921. The van der Waals surface area contributed by atoms with E-state index in [4.69, 9.17) is 4.98 Å². The van der Waals surface area contributed by atoms with Gasteiger partial charge in [0.25, 0.3) is 0 Å². The molecule has 0 spiro atoms. The fourth-order valence-corrected chi connectivity index (χ4v) is 5.20. The fourth-order valence-electron chi connectivity index (χ4n) is 2.94. The summed E-state index contributed by atoms with van der Waals surface area (Å²) in [4.78, 5) is 12.2. The van der Waals surface area contributed by atoms with Crippen molar-refractivity contribution in [3.63, 3.8) is 0 Å². The second-order valence-corrected chi connectivity index (χ2v) is 7.75. The molecule has 0 fully saturated rings. The molecule has 5 rings (SSSR count). The van der Waals surface area contributed by atoms with E-state index in [-0.39, 0.29) is 5.82 Å². The van der Waals surface area contributed by atoms with Crippen LogP contribution in [0.4, 0.5) is 4.39 Å². The minimum atomic E-state index is -0.241. The van der Waals surface area contributed by atoms with Gasteiger partial charge in [0.1, 0.15) is 10.8 Å². The van der Waals surface area contributed by atoms with Crippen LogP contribution in [0.15, 0.2) is 76.8 Å². The number of rotatable bonds is 1. The van der Waals surface area contributed by atoms with Crippen LogP contribution in [0.1, 0.15) is 0 Å². The predicted molar refractivity (Wildman–Crippen MR) is 100 cm³/mol. The Hall–Kier alpha value is -2.50. The molecule has 2 aromatic heterocycles. The molecule has 120 valence electrons. The van der Waals surface area contributed by atoms with Gasteiger partial charge in [-0.05, 0) is 36.4 Å². The Labute approximate surface area is 152 Å². The molecular weight excluding hydrogens is 351 g/mol. The summed E-state index contributed by atoms with van der Waals surface area (Å²) in [6.45, 7) is 0. The Bertz CT molecular complexity index is 1090. The monoisotopic (exact) mass is 362 g/mol. The molecule has 0 N–H and O–H groups in total. The Morgan fingerprint density at radius 1 is 0.840 bits per heavy atom. The largest absolute Gasteiger partial charge is 0.265 e. The first kappa shape index (κ1) is 14.8. The van der Waals surface area contributed by atoms with E-state index in [0.717, 1.165) is 37.2 Å². The van der Waals surface area contributed by atoms with Crippen molar-refractivity contribution in [3.05, 3.63) is 72.8 Å². The van der Waals surface area contributed by atoms with Gasteiger partial charge in [0.15, 0.2) is 0 Å². The smallest absolute Gasteiger partial charge is 0.124 e. The number of nitrogens with zero attached hydrogens (tertiary/aromatic N) is 2. The molecule has 0 amide bonds. The summed E-state index contributed by atoms with van der Waals surface area (Å²) in [5.41, 5.74) is 3.88. The van der Waals surface area contributed by atoms with Crippen molar-refractivity contribution in [2.45, 2.75) is 9.79 Å². The summed E-state index contributed by atoms with van der Waals surface area (Å²) in [5.74, 6) is -0.241. The molecule has 1 aliphatic heterocycles. The lowest BCUT2D eigenvalue weighted by Crippen LogP contribution is -1.85. The quantitative estimate of drug-likeness (QED) is 0.358. The van der Waals surface area contributed by atoms with E-state index in [1.54, 1.807) is 41.6 Å². The lowest BCUT2D eigenvalue weighted by Gasteiger charge is -2.05. The molecule has 3 heterocycles. The van der Waals surface area contributed by atoms with Crippen molar-refractivity contribution in [1.82, 2.24) is 9.97 Å². The summed E-state index contributed by atoms with van der Waals surface area (Å²) in [7, 11) is 0. The summed E-state index contributed by atoms with van der Waals surface area (Å²) >= 11 is 3.30. The van der Waals surface area contributed by atoms with Gasteiger partial charge in [-0.3, -0.25) is 4.98 Å². The fraction of sp³-hybridized carbons (Fsp3) is 0. The minimum absolute atomic E-state index is 0.241. The molecule has 0 bridgehead atoms. The SMILES string of the molecule is Fc1ccc2c(c1)-c1nc(-c3ccncc3)sc1-c1ccccc1S2. The molecule has 0 saturated heterocycles. The maximum absolute atomic E-state index is 13.9. The Morgan fingerprint density at radius 2 is 1.64 bits per heavy atom. The van der Waals surface area contributed by atoms with E-state index in [2.05, 4.69) is 17.1 Å². The number of benzene rings is 2. The van der Waals surface area contributed by atoms with Gasteiger partial charge in [-0.2, -0.15) is 0 Å². The van der Waals surface area contributed by atoms with Crippen molar-refractivity contribution in [1.29, 1.82) is 0 Å². The third-order valence-corrected chi connectivity index (χ3v) is 6.39. The molecule has 1 aliphatic rings. The molecule has 0 atom stereocenters. The second kappa shape index (κ2) is 5.79. The topological polar surface area (TPSA) is 25.8 Å². The third-order valence-electron chi connectivity index (χ3n) is 4.10. The van der Waals surface area contributed by atoms with Crippen LogP contribution in [-0.2, 0) is 0 Å². The summed E-state index contributed by atoms with van der Waals surface area (Å²) in [6, 6.07) is 17.1. The molecule has 5 heteroatoms. The van der Waals surface area contributed by atoms with E-state index in [9.17, 15) is 4.39 Å². The first-order chi connectivity index (χ1) is 12.3. The van der Waals surface area contributed by atoms with E-state index in [1.165, 1.54) is 11.0 Å². The van der Waals surface area contributed by atoms with Crippen LogP contribution in [0, 0.1) is 5.82 Å². The van der Waals surface area contributed by atoms with Crippen LogP contribution in [0.3, 0.4) is 0 Å². The van der Waals surface area contributed by atoms with E-state index >= 15 is 0 Å². The molecule has 2 aromatic carbocycles. The van der Waals surface area contributed by atoms with Crippen LogP contribution in [0.25, 0.3) is 32.3 Å². The second-order valence-electron chi connectivity index (χ2n) is 5.67. The lowest BCUT2D eigenvalue weighted by molar-refractivity contribution is 0.627. The molecular formula is C20H11FN2S2. The number of halogens is 1. The summed E-state index contributed by atoms with van der Waals surface area (Å²) < 4.78 is 13.9. The zero-order valence-electron chi connectivity index (χ0n) is 12.9. The van der Waals surface area contributed by atoms with Crippen molar-refractivity contribution >= 4 is 23.1 Å². The van der Waals surface area contributed by atoms with Crippen LogP contribution < -0.4 is 0 Å². The average molecular weight is 362 g/mol. The van der Waals surface area contributed by atoms with Crippen LogP contribution in [-0.4, -0.2) is 9.97 Å². The molecule has 0 aliphatic carbocycles. The highest BCUT2D eigenvalue weighted by Gasteiger charge is 2.24. The lowest BCUT2D eigenvalue weighted by atomic mass is 10.1. The minimum Gasteiger partial charge on any atom is -0.265 e. The van der Waals surface area contributed by atoms with E-state index in [1.807, 2.05) is 30.3 Å². The number of pyridine rings is 1. The van der Waals surface area contributed by atoms with Gasteiger partial charge in [-0.25, -0.2) is 9.37 Å². The van der Waals surface area contributed by atoms with Crippen LogP contribution in [0.5, 0.6) is 0 Å². The molecule has 0 unspecified atom stereocenters. The van der Waals surface area contributed by atoms with Gasteiger partial charge in [-0.1, -0.05) is 30.0 Å². The predicted octanol–water partition coefficient (Wildman–Crippen LogP) is 6.14. The zero-order valence-corrected chi connectivity index (χ0v) is 14.6. The average Bonchev–Trinajstić information content (AvgIpc) is 3.05. The standard InChI is InChI=1S/C20H11FN2S2/c21-13-5-6-17-15(11-13)18-19(14-3-1-2-4-16(14)24-17)25-20(23-18)12-7-9-22-10-8-12/h1-11H. The van der Waals surface area contributed by atoms with E-state index < -0.39 is 0 Å². The highest BCUT2D eigenvalue weighted by molar-refractivity contribution is 7.99. The van der Waals surface area contributed by atoms with Gasteiger partial charge in [-0.15, -0.1) is 11.3 Å². The Balaban J connectivity index is 1.82. The first-order valence-corrected chi connectivity index (χ1v) is 9.41. The molecule has 25 heavy (non-hydrogen) atoms. The Kier molecular flexibility index (Phi) is 3.43. The number of hydrogen-bond acceptors (Lipinski definition) is 4. The molecule has 2 nitrogen and oxygen atoms in total. The van der Waals surface area contributed by atoms with E-state index in [0.29, 0.717) is 0 Å². The third kappa shape index (κ3) is 2.47. The maximum atomic E-state index is 13.9. The molecule has 0 saturated carbocycles. The van der Waals surface area contributed by atoms with Gasteiger partial charge < -0.3 is 0 Å². The normalized spacial score (nSPS) is 12.0. The van der Waals surface area contributed by atoms with Gasteiger partial charge in [0.2, 0.25) is 0 Å². The van der Waals surface area contributed by atoms with Crippen molar-refractivity contribution in [2.24, 2.45) is 0 Å². The molecule has 4 aromatic rings. The maximum Gasteiger partial charge on any atom is 0.124 e. The Morgan fingerprint density at radius 3 is 2.52 bits per heavy atom. The van der Waals surface area contributed by atoms with Crippen LogP contribution in [0.2, 0.25) is 0 Å². The van der Waals surface area contributed by atoms with Gasteiger partial charge in [0, 0.05) is 38.9 Å². The van der Waals surface area contributed by atoms with Crippen molar-refractivity contribution in [3.8, 4) is 32.3 Å². The number of thiazole rings is 1. The first-order valence-electron chi connectivity index (χ1n) is 7.78. The van der Waals surface area contributed by atoms with Crippen LogP contribution >= 0.6 is 23.1 Å². The highest BCUT2D eigenvalue weighted by Crippen LogP contribution is 2.50. The van der Waals surface area contributed by atoms with Gasteiger partial charge >= 0.3 is 0 Å². The highest BCUT2D eigenvalue weighted by atomic mass is 32.2. The van der Waals surface area contributed by atoms with Crippen molar-refractivity contribution in [2.75, 3.05) is 0 Å². The van der Waals surface area contributed by atoms with Gasteiger partial charge in [0.05, 0.1) is 10.6 Å².